The van der Waals surface area contributed by atoms with Gasteiger partial charge in [-0.3, -0.25) is 4.79 Å². The molecule has 1 saturated carbocycles. The largest absolute Gasteiger partial charge is 0.352 e. The van der Waals surface area contributed by atoms with Gasteiger partial charge in [0.25, 0.3) is 0 Å². The summed E-state index contributed by atoms with van der Waals surface area (Å²) in [6.07, 6.45) is 7.16. The van der Waals surface area contributed by atoms with Crippen LogP contribution < -0.4 is 10.6 Å². The van der Waals surface area contributed by atoms with Gasteiger partial charge in [0.1, 0.15) is 0 Å². The van der Waals surface area contributed by atoms with E-state index >= 15 is 0 Å². The smallest absolute Gasteiger partial charge is 0.220 e. The Balaban J connectivity index is 1.61. The standard InChI is InChI=1S/C12H22N2O/c1-2-5-12(6-7-12)9-13-8-10-3-4-11(15)14-10/h10,13H,2-9H2,1H3,(H,14,15). The number of nitrogens with one attached hydrogen (secondary N) is 2. The highest BCUT2D eigenvalue weighted by Gasteiger charge is 2.40. The maximum Gasteiger partial charge on any atom is 0.220 e. The summed E-state index contributed by atoms with van der Waals surface area (Å²) in [6, 6.07) is 0.384. The van der Waals surface area contributed by atoms with Crippen LogP contribution in [0.2, 0.25) is 0 Å². The number of hydrogen-bond donors (Lipinski definition) is 2. The second-order valence-corrected chi connectivity index (χ2v) is 5.18. The fraction of sp³-hybridized carbons (Fsp3) is 0.917. The summed E-state index contributed by atoms with van der Waals surface area (Å²) in [5.41, 5.74) is 0.622. The molecule has 1 amide bonds. The number of hydrogen-bond acceptors (Lipinski definition) is 2. The van der Waals surface area contributed by atoms with E-state index in [1.807, 2.05) is 0 Å². The third-order valence-corrected chi connectivity index (χ3v) is 3.71. The molecule has 0 aromatic rings. The van der Waals surface area contributed by atoms with Crippen LogP contribution in [0.1, 0.15) is 45.4 Å². The van der Waals surface area contributed by atoms with Crippen molar-refractivity contribution in [3.05, 3.63) is 0 Å². The second kappa shape index (κ2) is 4.52. The van der Waals surface area contributed by atoms with Crippen LogP contribution >= 0.6 is 0 Å². The summed E-state index contributed by atoms with van der Waals surface area (Å²) in [6.45, 7) is 4.36. The molecule has 3 nitrogen and oxygen atoms in total. The van der Waals surface area contributed by atoms with Crippen molar-refractivity contribution in [2.75, 3.05) is 13.1 Å². The molecule has 2 aliphatic rings. The van der Waals surface area contributed by atoms with E-state index in [4.69, 9.17) is 0 Å². The first-order valence-electron chi connectivity index (χ1n) is 6.24. The van der Waals surface area contributed by atoms with Crippen molar-refractivity contribution in [1.82, 2.24) is 10.6 Å². The van der Waals surface area contributed by atoms with Gasteiger partial charge >= 0.3 is 0 Å². The lowest BCUT2D eigenvalue weighted by Gasteiger charge is -2.17. The highest BCUT2D eigenvalue weighted by atomic mass is 16.1. The summed E-state index contributed by atoms with van der Waals surface area (Å²) in [7, 11) is 0. The minimum atomic E-state index is 0.219. The zero-order valence-electron chi connectivity index (χ0n) is 9.64. The topological polar surface area (TPSA) is 41.1 Å². The molecule has 1 unspecified atom stereocenters. The molecule has 0 aromatic carbocycles. The van der Waals surface area contributed by atoms with Gasteiger partial charge in [0.2, 0.25) is 5.91 Å². The van der Waals surface area contributed by atoms with Gasteiger partial charge in [-0.15, -0.1) is 0 Å². The van der Waals surface area contributed by atoms with E-state index in [0.717, 1.165) is 19.5 Å². The molecule has 2 N–H and O–H groups in total. The molecule has 0 spiro atoms. The lowest BCUT2D eigenvalue weighted by Crippen LogP contribution is -2.37. The van der Waals surface area contributed by atoms with Crippen molar-refractivity contribution < 1.29 is 4.79 Å². The van der Waals surface area contributed by atoms with E-state index in [-0.39, 0.29) is 5.91 Å². The Labute approximate surface area is 92.0 Å². The molecule has 15 heavy (non-hydrogen) atoms. The first-order valence-corrected chi connectivity index (χ1v) is 6.24. The summed E-state index contributed by atoms with van der Waals surface area (Å²) < 4.78 is 0. The van der Waals surface area contributed by atoms with Crippen LogP contribution in [0.25, 0.3) is 0 Å². The Morgan fingerprint density at radius 3 is 2.87 bits per heavy atom. The van der Waals surface area contributed by atoms with Gasteiger partial charge in [0.15, 0.2) is 0 Å². The zero-order valence-corrected chi connectivity index (χ0v) is 9.64. The van der Waals surface area contributed by atoms with Crippen molar-refractivity contribution in [2.24, 2.45) is 5.41 Å². The third kappa shape index (κ3) is 2.94. The van der Waals surface area contributed by atoms with Gasteiger partial charge in [-0.2, -0.15) is 0 Å². The molecular weight excluding hydrogens is 188 g/mol. The summed E-state index contributed by atoms with van der Waals surface area (Å²) in [4.78, 5) is 11.0. The normalized spacial score (nSPS) is 27.8. The first-order chi connectivity index (χ1) is 7.24. The Morgan fingerprint density at radius 2 is 2.33 bits per heavy atom. The molecule has 1 heterocycles. The van der Waals surface area contributed by atoms with Gasteiger partial charge in [0, 0.05) is 25.6 Å². The molecule has 86 valence electrons. The van der Waals surface area contributed by atoms with Crippen molar-refractivity contribution in [2.45, 2.75) is 51.5 Å². The quantitative estimate of drug-likeness (QED) is 0.696. The van der Waals surface area contributed by atoms with Gasteiger partial charge in [-0.1, -0.05) is 13.3 Å². The second-order valence-electron chi connectivity index (χ2n) is 5.18. The van der Waals surface area contributed by atoms with Crippen LogP contribution in [-0.2, 0) is 4.79 Å². The predicted molar refractivity (Wildman–Crippen MR) is 60.6 cm³/mol. The van der Waals surface area contributed by atoms with Crippen LogP contribution in [0.15, 0.2) is 0 Å². The molecule has 1 aliphatic heterocycles. The summed E-state index contributed by atoms with van der Waals surface area (Å²) in [5.74, 6) is 0.219. The van der Waals surface area contributed by atoms with E-state index in [9.17, 15) is 4.79 Å². The van der Waals surface area contributed by atoms with Gasteiger partial charge < -0.3 is 10.6 Å². The molecule has 0 radical (unpaired) electrons. The fourth-order valence-corrected chi connectivity index (χ4v) is 2.56. The number of carbonyl (C=O) groups is 1. The summed E-state index contributed by atoms with van der Waals surface area (Å²) >= 11 is 0. The van der Waals surface area contributed by atoms with Crippen molar-refractivity contribution in [3.8, 4) is 0 Å². The maximum atomic E-state index is 11.0. The highest BCUT2D eigenvalue weighted by molar-refractivity contribution is 5.78. The summed E-state index contributed by atoms with van der Waals surface area (Å²) in [5, 5.41) is 6.51. The van der Waals surface area contributed by atoms with Crippen molar-refractivity contribution >= 4 is 5.91 Å². The number of rotatable bonds is 6. The lowest BCUT2D eigenvalue weighted by atomic mass is 10.0. The molecule has 0 bridgehead atoms. The molecule has 1 atom stereocenters. The van der Waals surface area contributed by atoms with E-state index in [1.54, 1.807) is 0 Å². The van der Waals surface area contributed by atoms with Crippen molar-refractivity contribution in [3.63, 3.8) is 0 Å². The third-order valence-electron chi connectivity index (χ3n) is 3.71. The Kier molecular flexibility index (Phi) is 3.29. The average Bonchev–Trinajstić information content (AvgIpc) is 2.83. The molecule has 2 rings (SSSR count). The minimum absolute atomic E-state index is 0.219. The lowest BCUT2D eigenvalue weighted by molar-refractivity contribution is -0.119. The monoisotopic (exact) mass is 210 g/mol. The number of carbonyl (C=O) groups excluding carboxylic acids is 1. The minimum Gasteiger partial charge on any atom is -0.352 e. The van der Waals surface area contributed by atoms with Crippen LogP contribution in [0.4, 0.5) is 0 Å². The zero-order chi connectivity index (χ0) is 10.7. The van der Waals surface area contributed by atoms with Crippen LogP contribution in [0, 0.1) is 5.41 Å². The highest BCUT2D eigenvalue weighted by Crippen LogP contribution is 2.48. The van der Waals surface area contributed by atoms with Gasteiger partial charge in [-0.25, -0.2) is 0 Å². The SMILES string of the molecule is CCCC1(CNCC2CCC(=O)N2)CC1. The number of amides is 1. The Bertz CT molecular complexity index is 236. The molecule has 1 saturated heterocycles. The van der Waals surface area contributed by atoms with Crippen LogP contribution in [0.3, 0.4) is 0 Å². The van der Waals surface area contributed by atoms with Crippen LogP contribution in [0.5, 0.6) is 0 Å². The Hall–Kier alpha value is -0.570. The average molecular weight is 210 g/mol. The predicted octanol–water partition coefficient (Wildman–Crippen LogP) is 1.43. The molecule has 2 fully saturated rings. The fourth-order valence-electron chi connectivity index (χ4n) is 2.56. The molecule has 1 aliphatic carbocycles. The van der Waals surface area contributed by atoms with Gasteiger partial charge in [-0.05, 0) is 31.1 Å². The van der Waals surface area contributed by atoms with E-state index < -0.39 is 0 Å². The maximum absolute atomic E-state index is 11.0. The molecule has 0 aromatic heterocycles. The molecule has 3 heteroatoms. The van der Waals surface area contributed by atoms with E-state index in [2.05, 4.69) is 17.6 Å². The molecular formula is C12H22N2O. The van der Waals surface area contributed by atoms with E-state index in [0.29, 0.717) is 17.9 Å². The Morgan fingerprint density at radius 1 is 1.53 bits per heavy atom. The van der Waals surface area contributed by atoms with Crippen LogP contribution in [-0.4, -0.2) is 25.0 Å². The first kappa shape index (κ1) is 10.9. The van der Waals surface area contributed by atoms with Gasteiger partial charge in [0.05, 0.1) is 0 Å². The van der Waals surface area contributed by atoms with Crippen molar-refractivity contribution in [1.29, 1.82) is 0 Å². The van der Waals surface area contributed by atoms with E-state index in [1.165, 1.54) is 25.7 Å².